The van der Waals surface area contributed by atoms with E-state index in [1.807, 2.05) is 0 Å². The van der Waals surface area contributed by atoms with Crippen LogP contribution >= 0.6 is 0 Å². The van der Waals surface area contributed by atoms with Gasteiger partial charge in [-0.2, -0.15) is 0 Å². The zero-order chi connectivity index (χ0) is 30.2. The Balaban J connectivity index is 1.27. The van der Waals surface area contributed by atoms with Crippen LogP contribution < -0.4 is 0 Å². The van der Waals surface area contributed by atoms with Gasteiger partial charge in [0.2, 0.25) is 0 Å². The fourth-order valence-electron chi connectivity index (χ4n) is 7.81. The van der Waals surface area contributed by atoms with Crippen molar-refractivity contribution in [3.8, 4) is 22.3 Å². The molecule has 0 fully saturated rings. The highest BCUT2D eigenvalue weighted by atomic mass is 14.2. The fourth-order valence-corrected chi connectivity index (χ4v) is 7.81. The van der Waals surface area contributed by atoms with Crippen LogP contribution in [0.15, 0.2) is 170 Å². The molecule has 0 aliphatic carbocycles. The van der Waals surface area contributed by atoms with Crippen molar-refractivity contribution in [2.75, 3.05) is 0 Å². The quantitative estimate of drug-likeness (QED) is 0.141. The van der Waals surface area contributed by atoms with E-state index < -0.39 is 0 Å². The Morgan fingerprint density at radius 1 is 0.174 bits per heavy atom. The van der Waals surface area contributed by atoms with Crippen LogP contribution in [-0.4, -0.2) is 0 Å². The monoisotopic (exact) mass is 580 g/mol. The summed E-state index contributed by atoms with van der Waals surface area (Å²) in [6.45, 7) is 0. The molecule has 0 heterocycles. The van der Waals surface area contributed by atoms with Crippen LogP contribution in [0.25, 0.3) is 97.7 Å². The van der Waals surface area contributed by atoms with E-state index in [1.54, 1.807) is 0 Å². The van der Waals surface area contributed by atoms with Gasteiger partial charge in [0.25, 0.3) is 0 Å². The second-order valence-corrected chi connectivity index (χ2v) is 12.5. The zero-order valence-electron chi connectivity index (χ0n) is 25.2. The summed E-state index contributed by atoms with van der Waals surface area (Å²) in [5, 5.41) is 17.9. The van der Waals surface area contributed by atoms with E-state index in [0.717, 1.165) is 0 Å². The number of benzene rings is 10. The van der Waals surface area contributed by atoms with Crippen molar-refractivity contribution in [1.29, 1.82) is 0 Å². The first-order valence-corrected chi connectivity index (χ1v) is 16.0. The van der Waals surface area contributed by atoms with Gasteiger partial charge >= 0.3 is 0 Å². The van der Waals surface area contributed by atoms with Crippen molar-refractivity contribution in [3.63, 3.8) is 0 Å². The topological polar surface area (TPSA) is 0 Å². The molecule has 0 unspecified atom stereocenters. The normalized spacial score (nSPS) is 11.9. The van der Waals surface area contributed by atoms with Crippen LogP contribution in [0.4, 0.5) is 0 Å². The Morgan fingerprint density at radius 2 is 0.478 bits per heavy atom. The Labute approximate surface area is 266 Å². The average Bonchev–Trinajstić information content (AvgIpc) is 3.12. The Hall–Kier alpha value is -5.98. The van der Waals surface area contributed by atoms with Gasteiger partial charge in [-0.25, -0.2) is 0 Å². The van der Waals surface area contributed by atoms with Crippen LogP contribution in [0.3, 0.4) is 0 Å². The number of hydrogen-bond donors (Lipinski definition) is 0. The zero-order valence-corrected chi connectivity index (χ0v) is 25.2. The van der Waals surface area contributed by atoms with Gasteiger partial charge in [-0.1, -0.05) is 133 Å². The molecule has 0 amide bonds. The third-order valence-corrected chi connectivity index (χ3v) is 9.95. The highest BCUT2D eigenvalue weighted by Crippen LogP contribution is 2.44. The van der Waals surface area contributed by atoms with Gasteiger partial charge in [0.1, 0.15) is 0 Å². The summed E-state index contributed by atoms with van der Waals surface area (Å²) in [7, 11) is 0. The van der Waals surface area contributed by atoms with Crippen LogP contribution in [0.5, 0.6) is 0 Å². The highest BCUT2D eigenvalue weighted by molar-refractivity contribution is 6.22. The van der Waals surface area contributed by atoms with Crippen molar-refractivity contribution >= 4 is 75.4 Å². The van der Waals surface area contributed by atoms with E-state index in [4.69, 9.17) is 0 Å². The minimum atomic E-state index is 1.27. The molecule has 46 heavy (non-hydrogen) atoms. The molecule has 0 nitrogen and oxygen atoms in total. The van der Waals surface area contributed by atoms with E-state index in [0.29, 0.717) is 0 Å². The van der Waals surface area contributed by atoms with E-state index in [-0.39, 0.29) is 0 Å². The molecule has 0 aromatic heterocycles. The molecule has 0 saturated carbocycles. The van der Waals surface area contributed by atoms with Gasteiger partial charge < -0.3 is 0 Å². The molecule has 0 spiro atoms. The molecular formula is C46H28. The largest absolute Gasteiger partial charge is 0.0616 e. The van der Waals surface area contributed by atoms with E-state index in [2.05, 4.69) is 170 Å². The third kappa shape index (κ3) is 3.74. The van der Waals surface area contributed by atoms with Crippen LogP contribution in [0.2, 0.25) is 0 Å². The maximum absolute atomic E-state index is 2.40. The summed E-state index contributed by atoms with van der Waals surface area (Å²) < 4.78 is 0. The van der Waals surface area contributed by atoms with E-state index >= 15 is 0 Å². The molecule has 212 valence electrons. The number of rotatable bonds is 2. The molecule has 10 rings (SSSR count). The molecule has 10 aromatic carbocycles. The average molecular weight is 581 g/mol. The first kappa shape index (κ1) is 25.4. The van der Waals surface area contributed by atoms with Crippen molar-refractivity contribution in [3.05, 3.63) is 170 Å². The SMILES string of the molecule is c1ccc2cc3c(cc(-c4ccc(-c5cc6cc7ccccc7cc6c6ccccc56)c5ccccc45)c4ccccc43)cc2c1. The van der Waals surface area contributed by atoms with Gasteiger partial charge in [-0.05, 0) is 134 Å². The summed E-state index contributed by atoms with van der Waals surface area (Å²) in [5.74, 6) is 0. The van der Waals surface area contributed by atoms with Crippen molar-refractivity contribution in [2.45, 2.75) is 0 Å². The summed E-state index contributed by atoms with van der Waals surface area (Å²) in [5.41, 5.74) is 5.08. The molecule has 0 bridgehead atoms. The third-order valence-electron chi connectivity index (χ3n) is 9.95. The minimum Gasteiger partial charge on any atom is -0.0616 e. The molecular weight excluding hydrogens is 553 g/mol. The minimum absolute atomic E-state index is 1.27. The standard InChI is InChI=1S/C46H28/c1-3-13-31-25-43-33(23-29(31)11-1)27-45(39-19-9-7-17-37(39)43)41-21-22-42(36-16-6-5-15-35(36)41)46-28-34-24-30-12-2-4-14-32(30)26-44(34)38-18-8-10-20-40(38)46/h1-28H. The predicted octanol–water partition coefficient (Wildman–Crippen LogP) is 13.1. The molecule has 0 atom stereocenters. The Morgan fingerprint density at radius 3 is 0.870 bits per heavy atom. The summed E-state index contributed by atoms with van der Waals surface area (Å²) >= 11 is 0. The van der Waals surface area contributed by atoms with Crippen molar-refractivity contribution in [1.82, 2.24) is 0 Å². The second-order valence-electron chi connectivity index (χ2n) is 12.5. The first-order valence-electron chi connectivity index (χ1n) is 16.0. The van der Waals surface area contributed by atoms with E-state index in [1.165, 1.54) is 97.7 Å². The van der Waals surface area contributed by atoms with Crippen LogP contribution in [0.1, 0.15) is 0 Å². The Kier molecular flexibility index (Phi) is 5.38. The fraction of sp³-hybridized carbons (Fsp3) is 0. The molecule has 0 radical (unpaired) electrons. The molecule has 0 aliphatic heterocycles. The molecule has 0 aliphatic rings. The van der Waals surface area contributed by atoms with E-state index in [9.17, 15) is 0 Å². The lowest BCUT2D eigenvalue weighted by Crippen LogP contribution is -1.90. The predicted molar refractivity (Wildman–Crippen MR) is 200 cm³/mol. The van der Waals surface area contributed by atoms with Crippen molar-refractivity contribution in [2.24, 2.45) is 0 Å². The Bertz CT molecular complexity index is 2660. The molecule has 10 aromatic rings. The molecule has 0 saturated heterocycles. The lowest BCUT2D eigenvalue weighted by Gasteiger charge is -2.17. The van der Waals surface area contributed by atoms with Crippen LogP contribution in [0, 0.1) is 0 Å². The highest BCUT2D eigenvalue weighted by Gasteiger charge is 2.16. The summed E-state index contributed by atoms with van der Waals surface area (Å²) in [6.07, 6.45) is 0. The summed E-state index contributed by atoms with van der Waals surface area (Å²) in [4.78, 5) is 0. The number of hydrogen-bond acceptors (Lipinski definition) is 0. The second kappa shape index (κ2) is 9.76. The number of fused-ring (bicyclic) bond motifs is 9. The van der Waals surface area contributed by atoms with Gasteiger partial charge in [-0.3, -0.25) is 0 Å². The van der Waals surface area contributed by atoms with Gasteiger partial charge in [-0.15, -0.1) is 0 Å². The smallest absolute Gasteiger partial charge is 0.00928 e. The van der Waals surface area contributed by atoms with Gasteiger partial charge in [0, 0.05) is 0 Å². The lowest BCUT2D eigenvalue weighted by atomic mass is 9.86. The summed E-state index contributed by atoms with van der Waals surface area (Å²) in [6, 6.07) is 63.0. The maximum Gasteiger partial charge on any atom is -0.00928 e. The van der Waals surface area contributed by atoms with Gasteiger partial charge in [0.05, 0.1) is 0 Å². The maximum atomic E-state index is 2.40. The molecule has 0 heteroatoms. The first-order chi connectivity index (χ1) is 22.8. The molecule has 0 N–H and O–H groups in total. The lowest BCUT2D eigenvalue weighted by molar-refractivity contribution is 1.68. The van der Waals surface area contributed by atoms with Gasteiger partial charge in [0.15, 0.2) is 0 Å². The van der Waals surface area contributed by atoms with Crippen molar-refractivity contribution < 1.29 is 0 Å². The van der Waals surface area contributed by atoms with Crippen LogP contribution in [-0.2, 0) is 0 Å².